The van der Waals surface area contributed by atoms with E-state index in [1.54, 1.807) is 34.9 Å². The number of carbonyl (C=O) groups excluding carboxylic acids is 1. The first-order valence-corrected chi connectivity index (χ1v) is 15.3. The topological polar surface area (TPSA) is 182 Å². The molecular weight excluding hydrogens is 567 g/mol. The fourth-order valence-corrected chi connectivity index (χ4v) is 5.96. The number of aromatic nitrogens is 4. The standard InChI is InChI=1S/C27H39N6O8P/c1-7-37-23-20-22(30-26(28)31-23)33(15-29-20)25-27(5,6)21(34)19(40-25)14-39-42(36,41-18-11-9-8-10-12-18)32-17(4)24(35)38-13-16(2)3/h8-12,15-17,19,21,25,34H,7,13-14H2,1-6H3,(H,32,36)(H2,28,30,31)/t17-,19+,21+,25+,42?/m0/s1. The number of carbonyl (C=O) groups is 1. The smallest absolute Gasteiger partial charge is 0.459 e. The van der Waals surface area contributed by atoms with Gasteiger partial charge in [-0.15, -0.1) is 0 Å². The van der Waals surface area contributed by atoms with Crippen molar-refractivity contribution in [2.75, 3.05) is 25.6 Å². The van der Waals surface area contributed by atoms with Gasteiger partial charge in [-0.2, -0.15) is 15.1 Å². The molecule has 0 aliphatic carbocycles. The summed E-state index contributed by atoms with van der Waals surface area (Å²) in [6.07, 6.45) is -1.25. The number of nitrogen functional groups attached to an aromatic ring is 1. The summed E-state index contributed by atoms with van der Waals surface area (Å²) in [4.78, 5) is 25.4. The third-order valence-electron chi connectivity index (χ3n) is 6.64. The van der Waals surface area contributed by atoms with Gasteiger partial charge >= 0.3 is 13.7 Å². The van der Waals surface area contributed by atoms with E-state index in [9.17, 15) is 14.5 Å². The molecule has 230 valence electrons. The molecule has 4 N–H and O–H groups in total. The Bertz CT molecular complexity index is 1420. The molecule has 0 saturated carbocycles. The van der Waals surface area contributed by atoms with Crippen molar-refractivity contribution in [2.45, 2.75) is 66.0 Å². The third-order valence-corrected chi connectivity index (χ3v) is 8.28. The number of hydrogen-bond acceptors (Lipinski definition) is 12. The van der Waals surface area contributed by atoms with Gasteiger partial charge in [0.25, 0.3) is 0 Å². The zero-order valence-corrected chi connectivity index (χ0v) is 25.5. The predicted octanol–water partition coefficient (Wildman–Crippen LogP) is 3.47. The summed E-state index contributed by atoms with van der Waals surface area (Å²) >= 11 is 0. The van der Waals surface area contributed by atoms with Gasteiger partial charge in [0.15, 0.2) is 11.2 Å². The highest BCUT2D eigenvalue weighted by Gasteiger charge is 2.52. The molecule has 0 radical (unpaired) electrons. The summed E-state index contributed by atoms with van der Waals surface area (Å²) in [6.45, 7) is 11.0. The number of para-hydroxylation sites is 1. The molecule has 0 spiro atoms. The number of aliphatic hydroxyl groups is 1. The number of rotatable bonds is 13. The molecule has 1 fully saturated rings. The van der Waals surface area contributed by atoms with Crippen LogP contribution in [-0.4, -0.2) is 68.7 Å². The fourth-order valence-electron chi connectivity index (χ4n) is 4.46. The van der Waals surface area contributed by atoms with Gasteiger partial charge < -0.3 is 29.6 Å². The Hall–Kier alpha value is -3.29. The molecule has 4 rings (SSSR count). The van der Waals surface area contributed by atoms with Crippen LogP contribution in [0.1, 0.15) is 47.8 Å². The number of hydrogen-bond donors (Lipinski definition) is 3. The van der Waals surface area contributed by atoms with E-state index >= 15 is 0 Å². The molecule has 1 saturated heterocycles. The molecule has 1 aromatic carbocycles. The van der Waals surface area contributed by atoms with Crippen molar-refractivity contribution >= 4 is 30.8 Å². The number of ether oxygens (including phenoxy) is 3. The summed E-state index contributed by atoms with van der Waals surface area (Å²) in [5.74, 6) is 0.0103. The van der Waals surface area contributed by atoms with Crippen molar-refractivity contribution in [3.63, 3.8) is 0 Å². The predicted molar refractivity (Wildman–Crippen MR) is 154 cm³/mol. The lowest BCUT2D eigenvalue weighted by Crippen LogP contribution is -2.38. The number of aliphatic hydroxyl groups excluding tert-OH is 1. The Kier molecular flexibility index (Phi) is 9.74. The van der Waals surface area contributed by atoms with Crippen molar-refractivity contribution < 1.29 is 37.7 Å². The van der Waals surface area contributed by atoms with E-state index in [-0.39, 0.29) is 36.7 Å². The second-order valence-electron chi connectivity index (χ2n) is 11.0. The van der Waals surface area contributed by atoms with E-state index < -0.39 is 43.6 Å². The lowest BCUT2D eigenvalue weighted by molar-refractivity contribution is -0.146. The normalized spacial score (nSPS) is 22.1. The molecule has 1 aliphatic rings. The summed E-state index contributed by atoms with van der Waals surface area (Å²) in [7, 11) is -4.17. The molecule has 0 amide bonds. The number of nitrogens with two attached hydrogens (primary N) is 1. The fraction of sp³-hybridized carbons (Fsp3) is 0.556. The van der Waals surface area contributed by atoms with Gasteiger partial charge in [-0.25, -0.2) is 9.55 Å². The average Bonchev–Trinajstić information content (AvgIpc) is 3.44. The van der Waals surface area contributed by atoms with Crippen LogP contribution in [0.25, 0.3) is 11.2 Å². The van der Waals surface area contributed by atoms with Crippen LogP contribution in [0.15, 0.2) is 36.7 Å². The molecule has 0 bridgehead atoms. The summed E-state index contributed by atoms with van der Waals surface area (Å²) in [5, 5.41) is 13.9. The van der Waals surface area contributed by atoms with E-state index in [1.165, 1.54) is 13.3 Å². The van der Waals surface area contributed by atoms with Crippen molar-refractivity contribution in [3.05, 3.63) is 36.7 Å². The minimum atomic E-state index is -4.17. The largest absolute Gasteiger partial charge is 0.476 e. The second-order valence-corrected chi connectivity index (χ2v) is 12.7. The number of benzene rings is 1. The van der Waals surface area contributed by atoms with Crippen molar-refractivity contribution in [3.8, 4) is 11.6 Å². The maximum absolute atomic E-state index is 13.9. The Morgan fingerprint density at radius 1 is 1.24 bits per heavy atom. The molecule has 3 aromatic rings. The summed E-state index contributed by atoms with van der Waals surface area (Å²) in [5.41, 5.74) is 5.80. The van der Waals surface area contributed by atoms with E-state index in [1.807, 2.05) is 34.6 Å². The Balaban J connectivity index is 1.55. The van der Waals surface area contributed by atoms with E-state index in [4.69, 9.17) is 29.0 Å². The van der Waals surface area contributed by atoms with Gasteiger partial charge in [0.1, 0.15) is 24.1 Å². The van der Waals surface area contributed by atoms with Crippen LogP contribution in [0.5, 0.6) is 11.6 Å². The number of esters is 1. The molecule has 3 heterocycles. The lowest BCUT2D eigenvalue weighted by atomic mass is 9.84. The third kappa shape index (κ3) is 7.01. The van der Waals surface area contributed by atoms with Crippen molar-refractivity contribution in [1.29, 1.82) is 0 Å². The molecule has 42 heavy (non-hydrogen) atoms. The highest BCUT2D eigenvalue weighted by molar-refractivity contribution is 7.52. The highest BCUT2D eigenvalue weighted by atomic mass is 31.2. The molecule has 2 aromatic heterocycles. The second kappa shape index (κ2) is 12.9. The SMILES string of the molecule is CCOc1nc(N)nc2c1ncn2[C@@H]1O[C@H](COP(=O)(N[C@@H](C)C(=O)OCC(C)C)Oc2ccccc2)[C@@H](O)C1(C)C. The van der Waals surface area contributed by atoms with Gasteiger partial charge in [-0.3, -0.25) is 13.9 Å². The summed E-state index contributed by atoms with van der Waals surface area (Å²) < 4.78 is 44.2. The van der Waals surface area contributed by atoms with Crippen LogP contribution in [0, 0.1) is 11.3 Å². The molecule has 14 nitrogen and oxygen atoms in total. The van der Waals surface area contributed by atoms with E-state index in [2.05, 4.69) is 20.0 Å². The number of nitrogens with one attached hydrogen (secondary N) is 1. The quantitative estimate of drug-likeness (QED) is 0.190. The Morgan fingerprint density at radius 3 is 2.62 bits per heavy atom. The first-order valence-electron chi connectivity index (χ1n) is 13.7. The first kappa shape index (κ1) is 31.6. The van der Waals surface area contributed by atoms with Gasteiger partial charge in [0.2, 0.25) is 11.8 Å². The summed E-state index contributed by atoms with van der Waals surface area (Å²) in [6, 6.07) is 7.39. The molecule has 1 aliphatic heterocycles. The maximum atomic E-state index is 13.9. The lowest BCUT2D eigenvalue weighted by Gasteiger charge is -2.29. The number of imidazole rings is 1. The van der Waals surface area contributed by atoms with Crippen molar-refractivity contribution in [1.82, 2.24) is 24.6 Å². The first-order chi connectivity index (χ1) is 19.8. The molecule has 5 atom stereocenters. The van der Waals surface area contributed by atoms with Gasteiger partial charge in [-0.1, -0.05) is 45.9 Å². The average molecular weight is 607 g/mol. The van der Waals surface area contributed by atoms with Crippen LogP contribution in [-0.2, 0) is 23.4 Å². The highest BCUT2D eigenvalue weighted by Crippen LogP contribution is 2.49. The van der Waals surface area contributed by atoms with E-state index in [0.717, 1.165) is 0 Å². The molecular formula is C27H39N6O8P. The van der Waals surface area contributed by atoms with Crippen LogP contribution in [0.2, 0.25) is 0 Å². The van der Waals surface area contributed by atoms with Crippen LogP contribution in [0.3, 0.4) is 0 Å². The van der Waals surface area contributed by atoms with Crippen molar-refractivity contribution in [2.24, 2.45) is 11.3 Å². The minimum absolute atomic E-state index is 0.00458. The number of anilines is 1. The van der Waals surface area contributed by atoms with Gasteiger partial charge in [0, 0.05) is 5.41 Å². The van der Waals surface area contributed by atoms with Crippen LogP contribution < -0.4 is 20.1 Å². The maximum Gasteiger partial charge on any atom is 0.459 e. The van der Waals surface area contributed by atoms with E-state index in [0.29, 0.717) is 17.8 Å². The Labute approximate surface area is 244 Å². The number of fused-ring (bicyclic) bond motifs is 1. The number of nitrogens with zero attached hydrogens (tertiary/aromatic N) is 4. The molecule has 1 unspecified atom stereocenters. The minimum Gasteiger partial charge on any atom is -0.476 e. The van der Waals surface area contributed by atoms with Crippen LogP contribution in [0.4, 0.5) is 5.95 Å². The van der Waals surface area contributed by atoms with Gasteiger partial charge in [-0.05, 0) is 31.9 Å². The molecule has 15 heteroatoms. The zero-order chi connectivity index (χ0) is 30.7. The van der Waals surface area contributed by atoms with Gasteiger partial charge in [0.05, 0.1) is 32.3 Å². The van der Waals surface area contributed by atoms with Crippen LogP contribution >= 0.6 is 7.75 Å². The monoisotopic (exact) mass is 606 g/mol. The Morgan fingerprint density at radius 2 is 1.95 bits per heavy atom. The zero-order valence-electron chi connectivity index (χ0n) is 24.6.